The van der Waals surface area contributed by atoms with Crippen molar-refractivity contribution in [2.75, 3.05) is 0 Å². The molecule has 0 rings (SSSR count). The normalized spacial score (nSPS) is 13.3. The number of esters is 1. The lowest BCUT2D eigenvalue weighted by Gasteiger charge is -2.30. The van der Waals surface area contributed by atoms with E-state index in [1.54, 1.807) is 0 Å². The zero-order valence-electron chi connectivity index (χ0n) is 50.1. The highest BCUT2D eigenvalue weighted by Gasteiger charge is 2.28. The van der Waals surface area contributed by atoms with Gasteiger partial charge in [0.1, 0.15) is 22.8 Å². The number of ether oxygens (including phenoxy) is 3. The molecular weight excluding hydrogens is 833 g/mol. The van der Waals surface area contributed by atoms with Crippen LogP contribution in [0.1, 0.15) is 269 Å². The first kappa shape index (κ1) is 74.5. The molecule has 0 aliphatic rings. The quantitative estimate of drug-likeness (QED) is 0.153. The average molecular weight is 950 g/mol. The van der Waals surface area contributed by atoms with Crippen molar-refractivity contribution in [1.29, 1.82) is 0 Å². The minimum absolute atomic E-state index is 0.0156. The van der Waals surface area contributed by atoms with E-state index in [1.165, 1.54) is 0 Å². The van der Waals surface area contributed by atoms with Gasteiger partial charge in [-0.25, -0.2) is 0 Å². The molecule has 0 bridgehead atoms. The Morgan fingerprint density at radius 3 is 0.781 bits per heavy atom. The molecule has 0 aromatic heterocycles. The lowest BCUT2D eigenvalue weighted by molar-refractivity contribution is -0.164. The molecule has 0 spiro atoms. The maximum absolute atomic E-state index is 11.5. The Balaban J connectivity index is -0.000000158. The maximum atomic E-state index is 11.5. The van der Waals surface area contributed by atoms with Gasteiger partial charge in [-0.3, -0.25) is 14.4 Å². The predicted octanol–water partition coefficient (Wildman–Crippen LogP) is 18.8. The summed E-state index contributed by atoms with van der Waals surface area (Å²) < 4.78 is 17.2. The van der Waals surface area contributed by atoms with Gasteiger partial charge in [0.15, 0.2) is 0 Å². The highest BCUT2D eigenvalue weighted by molar-refractivity contribution is 8.77. The van der Waals surface area contributed by atoms with Crippen molar-refractivity contribution in [1.82, 2.24) is 0 Å². The summed E-state index contributed by atoms with van der Waals surface area (Å²) >= 11 is 0. The van der Waals surface area contributed by atoms with Crippen LogP contribution in [-0.2, 0) is 28.6 Å². The number of rotatable bonds is 5. The molecule has 0 amide bonds. The summed E-state index contributed by atoms with van der Waals surface area (Å²) in [6.07, 6.45) is 2.38. The Labute approximate surface area is 411 Å². The van der Waals surface area contributed by atoms with E-state index in [2.05, 4.69) is 152 Å². The summed E-state index contributed by atoms with van der Waals surface area (Å²) in [7, 11) is 3.91. The predicted molar refractivity (Wildman–Crippen MR) is 292 cm³/mol. The number of hydrogen-bond acceptors (Lipinski definition) is 8. The van der Waals surface area contributed by atoms with Crippen LogP contribution in [0.25, 0.3) is 0 Å². The lowest BCUT2D eigenvalue weighted by atomic mass is 9.80. The molecule has 0 N–H and O–H groups in total. The number of carbonyl (C=O) groups excluding carboxylic acids is 3. The van der Waals surface area contributed by atoms with Gasteiger partial charge >= 0.3 is 5.97 Å². The van der Waals surface area contributed by atoms with E-state index in [0.29, 0.717) is 33.9 Å². The van der Waals surface area contributed by atoms with Gasteiger partial charge in [-0.2, -0.15) is 0 Å². The average Bonchev–Trinajstić information content (AvgIpc) is 2.89. The van der Waals surface area contributed by atoms with Crippen LogP contribution in [0.4, 0.5) is 0 Å². The summed E-state index contributed by atoms with van der Waals surface area (Å²) in [6.45, 7) is 78.0. The van der Waals surface area contributed by atoms with Crippen LogP contribution in [0, 0.1) is 32.5 Å². The number of Topliss-reactive ketones (excluding diaryl/α,β-unsaturated/α-hetero) is 2. The molecule has 0 aromatic rings. The molecule has 0 atom stereocenters. The SMILES string of the molecule is C=C(OC(C)(C)C)C(C)(C)C.CC(C)(C)CC(=O)C(C)(C)C.CC(C)(C)CCC(=O)C(C)(C)C.CC(C)(C)OC(=O)C(C)(C)C.CC(C)(C)OC(C)(C)C.CC(C)(C)SSC(C)(C)C. The van der Waals surface area contributed by atoms with Crippen LogP contribution in [0.3, 0.4) is 0 Å². The molecule has 0 heterocycles. The van der Waals surface area contributed by atoms with Crippen LogP contribution >= 0.6 is 21.6 Å². The molecule has 0 aliphatic carbocycles. The van der Waals surface area contributed by atoms with E-state index < -0.39 is 5.41 Å². The molecule has 0 fully saturated rings. The molecule has 0 aromatic carbocycles. The Hall–Kier alpha value is -0.990. The van der Waals surface area contributed by atoms with Crippen molar-refractivity contribution < 1.29 is 28.6 Å². The summed E-state index contributed by atoms with van der Waals surface area (Å²) in [5.74, 6) is 1.43. The van der Waals surface area contributed by atoms with E-state index in [1.807, 2.05) is 125 Å². The Morgan fingerprint density at radius 2 is 0.672 bits per heavy atom. The number of ketones is 2. The molecule has 64 heavy (non-hydrogen) atoms. The number of hydrogen-bond donors (Lipinski definition) is 0. The van der Waals surface area contributed by atoms with Crippen LogP contribution in [0.2, 0.25) is 0 Å². The van der Waals surface area contributed by atoms with Gasteiger partial charge < -0.3 is 14.2 Å². The third-order valence-corrected chi connectivity index (χ3v) is 11.2. The molecule has 6 nitrogen and oxygen atoms in total. The minimum atomic E-state index is -0.396. The third kappa shape index (κ3) is 67.6. The second kappa shape index (κ2) is 27.9. The van der Waals surface area contributed by atoms with Crippen molar-refractivity contribution in [3.05, 3.63) is 12.3 Å². The molecule has 0 radical (unpaired) electrons. The monoisotopic (exact) mass is 949 g/mol. The van der Waals surface area contributed by atoms with Crippen molar-refractivity contribution in [3.8, 4) is 0 Å². The summed E-state index contributed by atoms with van der Waals surface area (Å²) in [5.41, 5.74) is -0.796. The Bertz CT molecular complexity index is 1190. The second-order valence-corrected chi connectivity index (χ2v) is 33.3. The first-order chi connectivity index (χ1) is 26.9. The first-order valence-corrected chi connectivity index (χ1v) is 25.8. The Kier molecular flexibility index (Phi) is 32.5. The highest BCUT2D eigenvalue weighted by Crippen LogP contribution is 2.42. The van der Waals surface area contributed by atoms with Crippen molar-refractivity contribution >= 4 is 39.1 Å². The van der Waals surface area contributed by atoms with Gasteiger partial charge in [0, 0.05) is 38.6 Å². The lowest BCUT2D eigenvalue weighted by Crippen LogP contribution is -2.31. The fraction of sp³-hybridized carbons (Fsp3) is 0.911. The Morgan fingerprint density at radius 1 is 0.375 bits per heavy atom. The molecule has 8 heteroatoms. The summed E-state index contributed by atoms with van der Waals surface area (Å²) in [6, 6.07) is 0. The summed E-state index contributed by atoms with van der Waals surface area (Å²) in [4.78, 5) is 34.2. The van der Waals surface area contributed by atoms with Gasteiger partial charge in [-0.05, 0) is 121 Å². The van der Waals surface area contributed by atoms with E-state index in [9.17, 15) is 14.4 Å². The molecule has 388 valence electrons. The summed E-state index contributed by atoms with van der Waals surface area (Å²) in [5, 5.41) is 0. The highest BCUT2D eigenvalue weighted by atomic mass is 33.1. The van der Waals surface area contributed by atoms with Crippen LogP contribution in [-0.4, -0.2) is 49.4 Å². The molecule has 0 saturated carbocycles. The van der Waals surface area contributed by atoms with Crippen LogP contribution in [0.5, 0.6) is 0 Å². The van der Waals surface area contributed by atoms with Crippen molar-refractivity contribution in [2.24, 2.45) is 32.5 Å². The molecule has 0 aliphatic heterocycles. The largest absolute Gasteiger partial charge is 0.493 e. The van der Waals surface area contributed by atoms with E-state index >= 15 is 0 Å². The number of carbonyl (C=O) groups is 3. The van der Waals surface area contributed by atoms with E-state index in [4.69, 9.17) is 14.2 Å². The van der Waals surface area contributed by atoms with E-state index in [0.717, 1.165) is 12.2 Å². The zero-order chi connectivity index (χ0) is 54.0. The van der Waals surface area contributed by atoms with Gasteiger partial charge in [0.05, 0.1) is 22.4 Å². The van der Waals surface area contributed by atoms with Gasteiger partial charge in [0.25, 0.3) is 0 Å². The smallest absolute Gasteiger partial charge is 0.311 e. The van der Waals surface area contributed by atoms with Gasteiger partial charge in [-0.1, -0.05) is 174 Å². The molecular formula is C56H116O6S2. The van der Waals surface area contributed by atoms with Crippen molar-refractivity contribution in [3.63, 3.8) is 0 Å². The number of allylic oxidation sites excluding steroid dienone is 1. The van der Waals surface area contributed by atoms with E-state index in [-0.39, 0.29) is 55.4 Å². The molecule has 0 unspecified atom stereocenters. The van der Waals surface area contributed by atoms with Crippen LogP contribution in [0.15, 0.2) is 12.3 Å². The third-order valence-electron chi connectivity index (χ3n) is 6.90. The first-order valence-electron chi connectivity index (χ1n) is 23.7. The minimum Gasteiger partial charge on any atom is -0.493 e. The standard InChI is InChI=1S/C11H22O.2C10H20O.C9H18O2.C8H18O.C8H18S2/c1-10(2,3)8-7-9(12)11(4,5)6;1-9(2,3)7-8(11)10(4,5)6;1-8(9(2,3)4)11-10(5,6)7;1-8(2,3)7(10)11-9(4,5)6;1-7(2,3)9-8(4,5)6;1-7(2,3)9-10-8(4,5)6/h7-8H2,1-6H3;7H2,1-6H3;1H2,2-7H3;1-6H3;1-6H3;1-6H3. The fourth-order valence-electron chi connectivity index (χ4n) is 3.73. The fourth-order valence-corrected chi connectivity index (χ4v) is 5.73. The van der Waals surface area contributed by atoms with Crippen molar-refractivity contribution in [2.45, 2.75) is 300 Å². The zero-order valence-corrected chi connectivity index (χ0v) is 51.7. The van der Waals surface area contributed by atoms with Gasteiger partial charge in [-0.15, -0.1) is 0 Å². The van der Waals surface area contributed by atoms with Crippen LogP contribution < -0.4 is 0 Å². The maximum Gasteiger partial charge on any atom is 0.311 e. The van der Waals surface area contributed by atoms with Gasteiger partial charge in [0.2, 0.25) is 0 Å². The molecule has 0 saturated heterocycles. The second-order valence-electron chi connectivity index (χ2n) is 29.5. The topological polar surface area (TPSA) is 78.9 Å².